The molecule has 2 heterocycles. The van der Waals surface area contributed by atoms with Gasteiger partial charge >= 0.3 is 11.8 Å². The van der Waals surface area contributed by atoms with Crippen LogP contribution in [0.15, 0.2) is 9.59 Å². The van der Waals surface area contributed by atoms with Crippen LogP contribution in [0, 0.1) is 0 Å². The number of aromatic nitrogens is 4. The number of rotatable bonds is 8. The van der Waals surface area contributed by atoms with Gasteiger partial charge in [0.1, 0.15) is 5.60 Å². The SMILES string of the molecule is CCCCCn1c(=O)n(CCCNC(=O)OC(C)(C)C)c(=O)c2[nH]c(Cl)nc21. The maximum Gasteiger partial charge on any atom is 0.407 e. The molecule has 2 aromatic heterocycles. The van der Waals surface area contributed by atoms with Crippen LogP contribution in [-0.4, -0.2) is 37.3 Å². The molecule has 0 unspecified atom stereocenters. The van der Waals surface area contributed by atoms with Gasteiger partial charge in [0, 0.05) is 19.6 Å². The lowest BCUT2D eigenvalue weighted by atomic mass is 10.2. The van der Waals surface area contributed by atoms with E-state index in [1.807, 2.05) is 0 Å². The molecule has 2 aromatic rings. The first-order valence-electron chi connectivity index (χ1n) is 9.49. The van der Waals surface area contributed by atoms with Crippen molar-refractivity contribution in [3.05, 3.63) is 26.1 Å². The Morgan fingerprint density at radius 2 is 1.86 bits per heavy atom. The molecular formula is C18H28ClN5O4. The number of nitrogens with one attached hydrogen (secondary N) is 2. The summed E-state index contributed by atoms with van der Waals surface area (Å²) in [6, 6.07) is 0. The minimum atomic E-state index is -0.585. The van der Waals surface area contributed by atoms with Gasteiger partial charge in [-0.3, -0.25) is 13.9 Å². The highest BCUT2D eigenvalue weighted by Crippen LogP contribution is 2.11. The van der Waals surface area contributed by atoms with Gasteiger partial charge in [-0.15, -0.1) is 0 Å². The predicted octanol–water partition coefficient (Wildman–Crippen LogP) is 2.64. The summed E-state index contributed by atoms with van der Waals surface area (Å²) in [5.74, 6) is 0. The van der Waals surface area contributed by atoms with Crippen LogP contribution in [0.4, 0.5) is 4.79 Å². The molecule has 0 saturated carbocycles. The molecule has 0 atom stereocenters. The maximum absolute atomic E-state index is 12.8. The predicted molar refractivity (Wildman–Crippen MR) is 108 cm³/mol. The molecule has 0 aliphatic heterocycles. The van der Waals surface area contributed by atoms with Gasteiger partial charge in [0.2, 0.25) is 5.28 Å². The average molecular weight is 414 g/mol. The van der Waals surface area contributed by atoms with Crippen molar-refractivity contribution in [3.63, 3.8) is 0 Å². The Bertz CT molecular complexity index is 938. The zero-order valence-electron chi connectivity index (χ0n) is 16.8. The molecule has 2 rings (SSSR count). The largest absolute Gasteiger partial charge is 0.444 e. The van der Waals surface area contributed by atoms with Crippen molar-refractivity contribution in [2.45, 2.75) is 72.1 Å². The number of fused-ring (bicyclic) bond motifs is 1. The highest BCUT2D eigenvalue weighted by atomic mass is 35.5. The standard InChI is InChI=1S/C18H28ClN5O4/c1-5-6-7-10-23-13-12(21-15(19)22-13)14(25)24(17(23)27)11-8-9-20-16(26)28-18(2,3)4/h5-11H2,1-4H3,(H,20,26)(H,21,22). The fraction of sp³-hybridized carbons (Fsp3) is 0.667. The van der Waals surface area contributed by atoms with Crippen molar-refractivity contribution in [1.82, 2.24) is 24.4 Å². The number of carbonyl (C=O) groups is 1. The Balaban J connectivity index is 2.16. The second-order valence-corrected chi connectivity index (χ2v) is 7.96. The van der Waals surface area contributed by atoms with Gasteiger partial charge in [-0.25, -0.2) is 9.59 Å². The van der Waals surface area contributed by atoms with E-state index in [2.05, 4.69) is 22.2 Å². The van der Waals surface area contributed by atoms with Gasteiger partial charge in [-0.2, -0.15) is 4.98 Å². The van der Waals surface area contributed by atoms with Crippen molar-refractivity contribution >= 4 is 28.9 Å². The van der Waals surface area contributed by atoms with Crippen LogP contribution in [-0.2, 0) is 17.8 Å². The molecule has 1 amide bonds. The van der Waals surface area contributed by atoms with E-state index >= 15 is 0 Å². The first-order valence-corrected chi connectivity index (χ1v) is 9.87. The van der Waals surface area contributed by atoms with E-state index in [1.165, 1.54) is 4.57 Å². The summed E-state index contributed by atoms with van der Waals surface area (Å²) in [4.78, 5) is 44.0. The van der Waals surface area contributed by atoms with E-state index < -0.39 is 22.9 Å². The molecule has 0 aromatic carbocycles. The zero-order chi connectivity index (χ0) is 20.9. The first kappa shape index (κ1) is 22.0. The molecule has 0 aliphatic carbocycles. The highest BCUT2D eigenvalue weighted by molar-refractivity contribution is 6.28. The van der Waals surface area contributed by atoms with Gasteiger partial charge in [0.25, 0.3) is 5.56 Å². The van der Waals surface area contributed by atoms with Crippen LogP contribution in [0.25, 0.3) is 11.2 Å². The number of ether oxygens (including phenoxy) is 1. The van der Waals surface area contributed by atoms with Gasteiger partial charge in [-0.05, 0) is 45.2 Å². The number of H-pyrrole nitrogens is 1. The molecule has 0 spiro atoms. The quantitative estimate of drug-likeness (QED) is 0.510. The Morgan fingerprint density at radius 3 is 2.50 bits per heavy atom. The van der Waals surface area contributed by atoms with E-state index in [-0.39, 0.29) is 29.5 Å². The fourth-order valence-corrected chi connectivity index (χ4v) is 2.97. The molecule has 0 bridgehead atoms. The van der Waals surface area contributed by atoms with Crippen LogP contribution in [0.3, 0.4) is 0 Å². The smallest absolute Gasteiger partial charge is 0.407 e. The number of alkyl carbamates (subject to hydrolysis) is 1. The average Bonchev–Trinajstić information content (AvgIpc) is 2.97. The second-order valence-electron chi connectivity index (χ2n) is 7.61. The zero-order valence-corrected chi connectivity index (χ0v) is 17.6. The van der Waals surface area contributed by atoms with Gasteiger partial charge < -0.3 is 15.0 Å². The number of carbonyl (C=O) groups excluding carboxylic acids is 1. The van der Waals surface area contributed by atoms with Crippen molar-refractivity contribution in [2.24, 2.45) is 0 Å². The second kappa shape index (κ2) is 9.27. The summed E-state index contributed by atoms with van der Waals surface area (Å²) >= 11 is 5.92. The van der Waals surface area contributed by atoms with Crippen molar-refractivity contribution in [2.75, 3.05) is 6.54 Å². The summed E-state index contributed by atoms with van der Waals surface area (Å²) in [5, 5.41) is 2.69. The van der Waals surface area contributed by atoms with Crippen molar-refractivity contribution in [3.8, 4) is 0 Å². The fourth-order valence-electron chi connectivity index (χ4n) is 2.80. The summed E-state index contributed by atoms with van der Waals surface area (Å²) < 4.78 is 7.79. The molecule has 0 fully saturated rings. The molecule has 2 N–H and O–H groups in total. The summed E-state index contributed by atoms with van der Waals surface area (Å²) in [7, 11) is 0. The van der Waals surface area contributed by atoms with E-state index in [9.17, 15) is 14.4 Å². The van der Waals surface area contributed by atoms with Crippen LogP contribution < -0.4 is 16.6 Å². The number of aryl methyl sites for hydroxylation is 1. The third-order valence-corrected chi connectivity index (χ3v) is 4.22. The van der Waals surface area contributed by atoms with Crippen LogP contribution in [0.5, 0.6) is 0 Å². The maximum atomic E-state index is 12.8. The molecular weight excluding hydrogens is 386 g/mol. The third kappa shape index (κ3) is 5.60. The Kier molecular flexibility index (Phi) is 7.29. The summed E-state index contributed by atoms with van der Waals surface area (Å²) in [6.07, 6.45) is 2.64. The van der Waals surface area contributed by atoms with E-state index in [1.54, 1.807) is 20.8 Å². The number of halogens is 1. The van der Waals surface area contributed by atoms with Gasteiger partial charge in [-0.1, -0.05) is 19.8 Å². The summed E-state index contributed by atoms with van der Waals surface area (Å²) in [5.41, 5.74) is -0.990. The summed E-state index contributed by atoms with van der Waals surface area (Å²) in [6.45, 7) is 8.29. The first-order chi connectivity index (χ1) is 13.1. The third-order valence-electron chi connectivity index (χ3n) is 4.04. The number of amides is 1. The minimum Gasteiger partial charge on any atom is -0.444 e. The lowest BCUT2D eigenvalue weighted by molar-refractivity contribution is 0.0526. The van der Waals surface area contributed by atoms with Crippen LogP contribution in [0.1, 0.15) is 53.4 Å². The lowest BCUT2D eigenvalue weighted by Gasteiger charge is -2.19. The number of nitrogens with zero attached hydrogens (tertiary/aromatic N) is 3. The molecule has 0 aliphatic rings. The molecule has 0 saturated heterocycles. The minimum absolute atomic E-state index is 0.0695. The molecule has 10 heteroatoms. The van der Waals surface area contributed by atoms with Crippen LogP contribution >= 0.6 is 11.6 Å². The van der Waals surface area contributed by atoms with Gasteiger partial charge in [0.05, 0.1) is 0 Å². The number of imidazole rings is 1. The highest BCUT2D eigenvalue weighted by Gasteiger charge is 2.18. The van der Waals surface area contributed by atoms with Gasteiger partial charge in [0.15, 0.2) is 11.2 Å². The molecule has 0 radical (unpaired) electrons. The normalized spacial score (nSPS) is 11.8. The number of unbranched alkanes of at least 4 members (excludes halogenated alkanes) is 2. The Labute approximate surface area is 168 Å². The lowest BCUT2D eigenvalue weighted by Crippen LogP contribution is -2.41. The topological polar surface area (TPSA) is 111 Å². The van der Waals surface area contributed by atoms with Crippen molar-refractivity contribution < 1.29 is 9.53 Å². The molecule has 28 heavy (non-hydrogen) atoms. The van der Waals surface area contributed by atoms with E-state index in [4.69, 9.17) is 16.3 Å². The van der Waals surface area contributed by atoms with Crippen molar-refractivity contribution in [1.29, 1.82) is 0 Å². The Hall–Kier alpha value is -2.29. The van der Waals surface area contributed by atoms with Crippen LogP contribution in [0.2, 0.25) is 5.28 Å². The number of hydrogen-bond acceptors (Lipinski definition) is 5. The number of hydrogen-bond donors (Lipinski definition) is 2. The Morgan fingerprint density at radius 1 is 1.18 bits per heavy atom. The number of aromatic amines is 1. The molecule has 156 valence electrons. The van der Waals surface area contributed by atoms with E-state index in [0.29, 0.717) is 13.0 Å². The van der Waals surface area contributed by atoms with E-state index in [0.717, 1.165) is 23.8 Å². The monoisotopic (exact) mass is 413 g/mol. The molecule has 9 nitrogen and oxygen atoms in total.